The number of Topliss-reactive ketones (excluding diaryl/α,β-unsaturated/α-hetero) is 1. The number of carbonyl (C=O) groups is 1. The first-order valence-corrected chi connectivity index (χ1v) is 6.25. The Hall–Kier alpha value is -1.96. The van der Waals surface area contributed by atoms with E-state index in [4.69, 9.17) is 0 Å². The first-order chi connectivity index (χ1) is 8.72. The van der Waals surface area contributed by atoms with Crippen LogP contribution < -0.4 is 0 Å². The van der Waals surface area contributed by atoms with Crippen LogP contribution in [0, 0.1) is 0 Å². The summed E-state index contributed by atoms with van der Waals surface area (Å²) >= 11 is 0. The van der Waals surface area contributed by atoms with Gasteiger partial charge >= 0.3 is 0 Å². The quantitative estimate of drug-likeness (QED) is 0.762. The lowest BCUT2D eigenvalue weighted by atomic mass is 9.68. The van der Waals surface area contributed by atoms with Gasteiger partial charge in [0.2, 0.25) is 0 Å². The molecule has 1 aliphatic carbocycles. The molecule has 1 atom stereocenters. The van der Waals surface area contributed by atoms with Crippen LogP contribution in [0.4, 0.5) is 0 Å². The van der Waals surface area contributed by atoms with Crippen molar-refractivity contribution in [2.24, 2.45) is 0 Å². The molecule has 1 heterocycles. The van der Waals surface area contributed by atoms with Crippen LogP contribution in [-0.2, 0) is 11.8 Å². The molecule has 2 nitrogen and oxygen atoms in total. The number of benzene rings is 1. The molecule has 1 aromatic carbocycles. The molecular weight excluding hydrogens is 222 g/mol. The van der Waals surface area contributed by atoms with Crippen molar-refractivity contribution in [1.29, 1.82) is 0 Å². The zero-order valence-corrected chi connectivity index (χ0v) is 10.4. The molecule has 0 saturated heterocycles. The van der Waals surface area contributed by atoms with E-state index >= 15 is 0 Å². The standard InChI is InChI=1S/C16H15NO/c1-16(13-6-4-10-17-11-13)9-8-12-5-2-3-7-14(12)15(16)18/h2-7,10-11H,8-9H2,1H3. The number of hydrogen-bond donors (Lipinski definition) is 0. The van der Waals surface area contributed by atoms with Gasteiger partial charge in [0.05, 0.1) is 5.41 Å². The molecule has 0 amide bonds. The van der Waals surface area contributed by atoms with Crippen molar-refractivity contribution >= 4 is 5.78 Å². The van der Waals surface area contributed by atoms with Crippen molar-refractivity contribution in [2.45, 2.75) is 25.2 Å². The van der Waals surface area contributed by atoms with Crippen LogP contribution >= 0.6 is 0 Å². The van der Waals surface area contributed by atoms with Crippen LogP contribution in [0.2, 0.25) is 0 Å². The van der Waals surface area contributed by atoms with E-state index < -0.39 is 5.41 Å². The topological polar surface area (TPSA) is 30.0 Å². The van der Waals surface area contributed by atoms with Gasteiger partial charge in [-0.25, -0.2) is 0 Å². The minimum Gasteiger partial charge on any atom is -0.293 e. The summed E-state index contributed by atoms with van der Waals surface area (Å²) in [7, 11) is 0. The molecule has 0 radical (unpaired) electrons. The maximum absolute atomic E-state index is 12.7. The van der Waals surface area contributed by atoms with Gasteiger partial charge in [-0.05, 0) is 37.0 Å². The van der Waals surface area contributed by atoms with Crippen molar-refractivity contribution in [1.82, 2.24) is 4.98 Å². The minimum atomic E-state index is -0.428. The van der Waals surface area contributed by atoms with Crippen LogP contribution in [0.25, 0.3) is 0 Å². The summed E-state index contributed by atoms with van der Waals surface area (Å²) in [6.45, 7) is 2.03. The van der Waals surface area contributed by atoms with Gasteiger partial charge in [0.1, 0.15) is 0 Å². The number of rotatable bonds is 1. The van der Waals surface area contributed by atoms with Gasteiger partial charge < -0.3 is 0 Å². The van der Waals surface area contributed by atoms with Crippen LogP contribution in [0.3, 0.4) is 0 Å². The highest BCUT2D eigenvalue weighted by Gasteiger charge is 2.39. The molecule has 1 aliphatic rings. The van der Waals surface area contributed by atoms with Crippen molar-refractivity contribution in [3.63, 3.8) is 0 Å². The highest BCUT2D eigenvalue weighted by molar-refractivity contribution is 6.05. The van der Waals surface area contributed by atoms with Gasteiger partial charge in [0.15, 0.2) is 5.78 Å². The van der Waals surface area contributed by atoms with Gasteiger partial charge in [-0.1, -0.05) is 30.3 Å². The third-order valence-electron chi connectivity index (χ3n) is 3.96. The number of hydrogen-bond acceptors (Lipinski definition) is 2. The second kappa shape index (κ2) is 4.05. The summed E-state index contributed by atoms with van der Waals surface area (Å²) < 4.78 is 0. The summed E-state index contributed by atoms with van der Waals surface area (Å²) in [6, 6.07) is 11.8. The Labute approximate surface area is 107 Å². The molecule has 90 valence electrons. The van der Waals surface area contributed by atoms with Crippen LogP contribution in [0.5, 0.6) is 0 Å². The monoisotopic (exact) mass is 237 g/mol. The Balaban J connectivity index is 2.10. The van der Waals surface area contributed by atoms with Crippen molar-refractivity contribution < 1.29 is 4.79 Å². The van der Waals surface area contributed by atoms with Gasteiger partial charge in [0.25, 0.3) is 0 Å². The van der Waals surface area contributed by atoms with Crippen molar-refractivity contribution in [2.75, 3.05) is 0 Å². The molecule has 3 rings (SSSR count). The number of aryl methyl sites for hydroxylation is 1. The number of pyridine rings is 1. The molecule has 1 unspecified atom stereocenters. The SMILES string of the molecule is CC1(c2cccnc2)CCc2ccccc2C1=O. The zero-order chi connectivity index (χ0) is 12.6. The van der Waals surface area contributed by atoms with Gasteiger partial charge in [-0.3, -0.25) is 9.78 Å². The van der Waals surface area contributed by atoms with E-state index in [2.05, 4.69) is 11.1 Å². The molecular formula is C16H15NO. The fraction of sp³-hybridized carbons (Fsp3) is 0.250. The fourth-order valence-corrected chi connectivity index (χ4v) is 2.72. The molecule has 0 saturated carbocycles. The van der Waals surface area contributed by atoms with E-state index in [-0.39, 0.29) is 5.78 Å². The second-order valence-corrected chi connectivity index (χ2v) is 5.06. The van der Waals surface area contributed by atoms with Crippen molar-refractivity contribution in [3.8, 4) is 0 Å². The number of fused-ring (bicyclic) bond motifs is 1. The first kappa shape index (κ1) is 11.1. The predicted molar refractivity (Wildman–Crippen MR) is 70.7 cm³/mol. The first-order valence-electron chi connectivity index (χ1n) is 6.25. The second-order valence-electron chi connectivity index (χ2n) is 5.06. The lowest BCUT2D eigenvalue weighted by Crippen LogP contribution is -2.37. The molecule has 1 aromatic heterocycles. The lowest BCUT2D eigenvalue weighted by Gasteiger charge is -2.33. The minimum absolute atomic E-state index is 0.220. The van der Waals surface area contributed by atoms with E-state index in [1.165, 1.54) is 5.56 Å². The Morgan fingerprint density at radius 2 is 2.00 bits per heavy atom. The maximum Gasteiger partial charge on any atom is 0.173 e. The smallest absolute Gasteiger partial charge is 0.173 e. The Morgan fingerprint density at radius 1 is 1.17 bits per heavy atom. The normalized spacial score (nSPS) is 22.6. The summed E-state index contributed by atoms with van der Waals surface area (Å²) in [4.78, 5) is 16.9. The Kier molecular flexibility index (Phi) is 2.51. The summed E-state index contributed by atoms with van der Waals surface area (Å²) in [5.74, 6) is 0.220. The van der Waals surface area contributed by atoms with Gasteiger partial charge in [0, 0.05) is 18.0 Å². The summed E-state index contributed by atoms with van der Waals surface area (Å²) in [5, 5.41) is 0. The molecule has 0 fully saturated rings. The number of carbonyl (C=O) groups excluding carboxylic acids is 1. The van der Waals surface area contributed by atoms with Crippen LogP contribution in [-0.4, -0.2) is 10.8 Å². The van der Waals surface area contributed by atoms with Crippen LogP contribution in [0.15, 0.2) is 48.8 Å². The number of ketones is 1. The Morgan fingerprint density at radius 3 is 2.78 bits per heavy atom. The summed E-state index contributed by atoms with van der Waals surface area (Å²) in [5.41, 5.74) is 2.63. The van der Waals surface area contributed by atoms with E-state index in [0.29, 0.717) is 0 Å². The molecule has 18 heavy (non-hydrogen) atoms. The highest BCUT2D eigenvalue weighted by Crippen LogP contribution is 2.37. The third kappa shape index (κ3) is 1.57. The van der Waals surface area contributed by atoms with Crippen molar-refractivity contribution in [3.05, 3.63) is 65.5 Å². The van der Waals surface area contributed by atoms with E-state index in [9.17, 15) is 4.79 Å². The molecule has 0 bridgehead atoms. The summed E-state index contributed by atoms with van der Waals surface area (Å²) in [6.07, 6.45) is 5.36. The van der Waals surface area contributed by atoms with Gasteiger partial charge in [-0.15, -0.1) is 0 Å². The zero-order valence-electron chi connectivity index (χ0n) is 10.4. The van der Waals surface area contributed by atoms with E-state index in [0.717, 1.165) is 24.0 Å². The highest BCUT2D eigenvalue weighted by atomic mass is 16.1. The van der Waals surface area contributed by atoms with Crippen LogP contribution in [0.1, 0.15) is 34.8 Å². The third-order valence-corrected chi connectivity index (χ3v) is 3.96. The number of aromatic nitrogens is 1. The molecule has 0 N–H and O–H groups in total. The fourth-order valence-electron chi connectivity index (χ4n) is 2.72. The largest absolute Gasteiger partial charge is 0.293 e. The number of nitrogens with zero attached hydrogens (tertiary/aromatic N) is 1. The molecule has 0 aliphatic heterocycles. The molecule has 2 aromatic rings. The average Bonchev–Trinajstić information content (AvgIpc) is 2.44. The average molecular weight is 237 g/mol. The lowest BCUT2D eigenvalue weighted by molar-refractivity contribution is 0.0875. The van der Waals surface area contributed by atoms with E-state index in [1.807, 2.05) is 43.5 Å². The predicted octanol–water partition coefficient (Wildman–Crippen LogP) is 3.17. The van der Waals surface area contributed by atoms with E-state index in [1.54, 1.807) is 6.20 Å². The van der Waals surface area contributed by atoms with Gasteiger partial charge in [-0.2, -0.15) is 0 Å². The Bertz CT molecular complexity index is 591. The molecule has 0 spiro atoms. The maximum atomic E-state index is 12.7. The molecule has 2 heteroatoms.